The average Bonchev–Trinajstić information content (AvgIpc) is 2.91. The maximum Gasteiger partial charge on any atom is 0.275 e. The minimum absolute atomic E-state index is 0.339. The molecule has 4 aromatic rings. The van der Waals surface area contributed by atoms with Crippen molar-refractivity contribution >= 4 is 38.8 Å². The number of rotatable bonds is 9. The molecular weight excluding hydrogens is 524 g/mol. The number of carbonyl (C=O) groups is 1. The van der Waals surface area contributed by atoms with Gasteiger partial charge in [-0.3, -0.25) is 4.79 Å². The number of benzene rings is 4. The number of ether oxygens (including phenoxy) is 4. The molecule has 1 amide bonds. The lowest BCUT2D eigenvalue weighted by atomic mass is 10.1. The van der Waals surface area contributed by atoms with Gasteiger partial charge in [0.1, 0.15) is 18.1 Å². The molecule has 0 fully saturated rings. The summed E-state index contributed by atoms with van der Waals surface area (Å²) in [4.78, 5) is 12.6. The first-order chi connectivity index (χ1) is 17.5. The Bertz CT molecular complexity index is 1420. The fourth-order valence-corrected chi connectivity index (χ4v) is 4.31. The summed E-state index contributed by atoms with van der Waals surface area (Å²) in [5, 5.41) is 6.38. The van der Waals surface area contributed by atoms with Crippen molar-refractivity contribution in [2.24, 2.45) is 5.10 Å². The van der Waals surface area contributed by atoms with E-state index in [1.165, 1.54) is 13.3 Å². The molecule has 0 unspecified atom stereocenters. The topological polar surface area (TPSA) is 78.4 Å². The lowest BCUT2D eigenvalue weighted by Gasteiger charge is -2.14. The molecule has 0 saturated heterocycles. The largest absolute Gasteiger partial charge is 0.497 e. The number of nitrogens with one attached hydrogen (secondary N) is 1. The van der Waals surface area contributed by atoms with Gasteiger partial charge in [0.15, 0.2) is 11.5 Å². The molecule has 0 aromatic heterocycles. The predicted molar refractivity (Wildman–Crippen MR) is 144 cm³/mol. The van der Waals surface area contributed by atoms with Crippen LogP contribution in [-0.2, 0) is 6.61 Å². The number of fused-ring (bicyclic) bond motifs is 1. The summed E-state index contributed by atoms with van der Waals surface area (Å²) < 4.78 is 22.9. The second-order valence-electron chi connectivity index (χ2n) is 7.73. The van der Waals surface area contributed by atoms with Crippen molar-refractivity contribution in [3.8, 4) is 23.0 Å². The average molecular weight is 549 g/mol. The molecule has 36 heavy (non-hydrogen) atoms. The van der Waals surface area contributed by atoms with Crippen molar-refractivity contribution in [1.82, 2.24) is 5.43 Å². The van der Waals surface area contributed by atoms with Gasteiger partial charge in [-0.1, -0.05) is 42.5 Å². The Balaban J connectivity index is 1.48. The van der Waals surface area contributed by atoms with Crippen LogP contribution < -0.4 is 24.4 Å². The maximum atomic E-state index is 12.6. The Kier molecular flexibility index (Phi) is 8.07. The highest BCUT2D eigenvalue weighted by molar-refractivity contribution is 9.10. The molecule has 0 saturated carbocycles. The van der Waals surface area contributed by atoms with Crippen LogP contribution in [0.5, 0.6) is 23.0 Å². The van der Waals surface area contributed by atoms with Gasteiger partial charge in [0.25, 0.3) is 5.91 Å². The number of methoxy groups -OCH3 is 3. The summed E-state index contributed by atoms with van der Waals surface area (Å²) >= 11 is 3.57. The van der Waals surface area contributed by atoms with Crippen LogP contribution in [0.25, 0.3) is 10.8 Å². The fourth-order valence-electron chi connectivity index (χ4n) is 3.73. The molecule has 0 bridgehead atoms. The van der Waals surface area contributed by atoms with E-state index < -0.39 is 5.91 Å². The quantitative estimate of drug-likeness (QED) is 0.206. The van der Waals surface area contributed by atoms with Gasteiger partial charge in [0.2, 0.25) is 0 Å². The zero-order chi connectivity index (χ0) is 25.5. The molecule has 4 aromatic carbocycles. The molecule has 0 radical (unpaired) electrons. The van der Waals surface area contributed by atoms with E-state index in [0.717, 1.165) is 16.3 Å². The minimum atomic E-state index is -0.410. The lowest BCUT2D eigenvalue weighted by molar-refractivity contribution is 0.0952. The lowest BCUT2D eigenvalue weighted by Crippen LogP contribution is -2.18. The molecule has 0 aliphatic heterocycles. The Morgan fingerprint density at radius 1 is 0.917 bits per heavy atom. The number of carbonyl (C=O) groups excluding carboxylic acids is 1. The van der Waals surface area contributed by atoms with Crippen molar-refractivity contribution in [2.45, 2.75) is 6.61 Å². The van der Waals surface area contributed by atoms with Gasteiger partial charge in [-0.05, 0) is 62.1 Å². The van der Waals surface area contributed by atoms with Crippen LogP contribution in [0.3, 0.4) is 0 Å². The summed E-state index contributed by atoms with van der Waals surface area (Å²) in [7, 11) is 4.61. The highest BCUT2D eigenvalue weighted by Crippen LogP contribution is 2.37. The normalized spacial score (nSPS) is 10.9. The van der Waals surface area contributed by atoms with Gasteiger partial charge in [-0.2, -0.15) is 5.10 Å². The number of hydrogen-bond donors (Lipinski definition) is 1. The second-order valence-corrected chi connectivity index (χ2v) is 8.58. The van der Waals surface area contributed by atoms with Crippen LogP contribution >= 0.6 is 15.9 Å². The number of hydrazone groups is 1. The van der Waals surface area contributed by atoms with Gasteiger partial charge in [-0.15, -0.1) is 0 Å². The zero-order valence-electron chi connectivity index (χ0n) is 20.1. The SMILES string of the molecule is COc1ccc(C(=O)N/N=C\c2cc(Br)c(OCc3cccc4ccccc34)c(OC)c2)c(OC)c1. The minimum Gasteiger partial charge on any atom is -0.497 e. The first kappa shape index (κ1) is 25.1. The molecule has 184 valence electrons. The van der Waals surface area contributed by atoms with Crippen LogP contribution in [0, 0.1) is 0 Å². The monoisotopic (exact) mass is 548 g/mol. The molecule has 0 aliphatic rings. The maximum absolute atomic E-state index is 12.6. The van der Waals surface area contributed by atoms with E-state index >= 15 is 0 Å². The third-order valence-electron chi connectivity index (χ3n) is 5.54. The van der Waals surface area contributed by atoms with Crippen LogP contribution in [-0.4, -0.2) is 33.5 Å². The Hall–Kier alpha value is -4.04. The molecule has 4 rings (SSSR count). The smallest absolute Gasteiger partial charge is 0.275 e. The first-order valence-corrected chi connectivity index (χ1v) is 11.9. The van der Waals surface area contributed by atoms with E-state index in [2.05, 4.69) is 44.7 Å². The van der Waals surface area contributed by atoms with E-state index in [1.54, 1.807) is 38.5 Å². The third-order valence-corrected chi connectivity index (χ3v) is 6.13. The highest BCUT2D eigenvalue weighted by Gasteiger charge is 2.14. The number of halogens is 1. The first-order valence-electron chi connectivity index (χ1n) is 11.1. The fraction of sp³-hybridized carbons (Fsp3) is 0.143. The molecule has 1 N–H and O–H groups in total. The Morgan fingerprint density at radius 3 is 2.47 bits per heavy atom. The van der Waals surface area contributed by atoms with Gasteiger partial charge >= 0.3 is 0 Å². The molecule has 0 heterocycles. The molecule has 0 atom stereocenters. The van der Waals surface area contributed by atoms with Crippen molar-refractivity contribution in [2.75, 3.05) is 21.3 Å². The second kappa shape index (κ2) is 11.6. The molecule has 8 heteroatoms. The van der Waals surface area contributed by atoms with Gasteiger partial charge in [-0.25, -0.2) is 5.43 Å². The molecule has 0 spiro atoms. The summed E-state index contributed by atoms with van der Waals surface area (Å²) in [6, 6.07) is 22.9. The molecule has 0 aliphatic carbocycles. The Labute approximate surface area is 217 Å². The standard InChI is InChI=1S/C28H25BrN2O5/c1-33-21-11-12-23(25(15-21)34-2)28(32)31-30-16-18-13-24(29)27(26(14-18)35-3)36-17-20-9-6-8-19-7-4-5-10-22(19)20/h4-16H,17H2,1-3H3,(H,31,32)/b30-16-. The van der Waals surface area contributed by atoms with E-state index in [1.807, 2.05) is 30.3 Å². The van der Waals surface area contributed by atoms with Crippen molar-refractivity contribution in [1.29, 1.82) is 0 Å². The van der Waals surface area contributed by atoms with Crippen LogP contribution in [0.4, 0.5) is 0 Å². The number of hydrogen-bond acceptors (Lipinski definition) is 6. The summed E-state index contributed by atoms with van der Waals surface area (Å²) in [5.41, 5.74) is 4.64. The van der Waals surface area contributed by atoms with Gasteiger partial charge in [0, 0.05) is 6.07 Å². The predicted octanol–water partition coefficient (Wildman–Crippen LogP) is 5.97. The summed E-state index contributed by atoms with van der Waals surface area (Å²) in [6.07, 6.45) is 1.52. The van der Waals surface area contributed by atoms with Crippen LogP contribution in [0.2, 0.25) is 0 Å². The summed E-state index contributed by atoms with van der Waals surface area (Å²) in [5.74, 6) is 1.68. The number of nitrogens with zero attached hydrogens (tertiary/aromatic N) is 1. The van der Waals surface area contributed by atoms with E-state index in [9.17, 15) is 4.79 Å². The van der Waals surface area contributed by atoms with Crippen molar-refractivity contribution < 1.29 is 23.7 Å². The third kappa shape index (κ3) is 5.60. The van der Waals surface area contributed by atoms with Crippen LogP contribution in [0.15, 0.2) is 82.4 Å². The van der Waals surface area contributed by atoms with E-state index in [0.29, 0.717) is 45.2 Å². The van der Waals surface area contributed by atoms with Crippen molar-refractivity contribution in [3.63, 3.8) is 0 Å². The van der Waals surface area contributed by atoms with Gasteiger partial charge in [0.05, 0.1) is 37.6 Å². The van der Waals surface area contributed by atoms with Crippen molar-refractivity contribution in [3.05, 3.63) is 94.0 Å². The Morgan fingerprint density at radius 2 is 1.69 bits per heavy atom. The number of amides is 1. The molecule has 7 nitrogen and oxygen atoms in total. The highest BCUT2D eigenvalue weighted by atomic mass is 79.9. The summed E-state index contributed by atoms with van der Waals surface area (Å²) in [6.45, 7) is 0.378. The van der Waals surface area contributed by atoms with E-state index in [-0.39, 0.29) is 0 Å². The van der Waals surface area contributed by atoms with E-state index in [4.69, 9.17) is 18.9 Å². The van der Waals surface area contributed by atoms with Crippen LogP contribution in [0.1, 0.15) is 21.5 Å². The zero-order valence-corrected chi connectivity index (χ0v) is 21.7. The molecular formula is C28H25BrN2O5. The van der Waals surface area contributed by atoms with Gasteiger partial charge < -0.3 is 18.9 Å².